The van der Waals surface area contributed by atoms with Crippen molar-refractivity contribution in [3.63, 3.8) is 0 Å². The zero-order valence-corrected chi connectivity index (χ0v) is 10.2. The molecule has 0 aliphatic carbocycles. The van der Waals surface area contributed by atoms with Gasteiger partial charge in [-0.05, 0) is 19.8 Å². The van der Waals surface area contributed by atoms with Crippen LogP contribution in [0, 0.1) is 0 Å². The van der Waals surface area contributed by atoms with Crippen LogP contribution in [0.3, 0.4) is 0 Å². The Bertz CT molecular complexity index is 336. The van der Waals surface area contributed by atoms with Crippen LogP contribution in [0.2, 0.25) is 0 Å². The van der Waals surface area contributed by atoms with Gasteiger partial charge in [0.1, 0.15) is 0 Å². The molecule has 6 nitrogen and oxygen atoms in total. The minimum atomic E-state index is 0.0859. The van der Waals surface area contributed by atoms with Crippen molar-refractivity contribution >= 4 is 0 Å². The van der Waals surface area contributed by atoms with Crippen LogP contribution in [0.1, 0.15) is 25.5 Å². The Hall–Kier alpha value is -0.980. The Balaban J connectivity index is 1.76. The topological polar surface area (TPSA) is 72.2 Å². The van der Waals surface area contributed by atoms with Gasteiger partial charge >= 0.3 is 0 Å². The molecule has 6 heteroatoms. The summed E-state index contributed by atoms with van der Waals surface area (Å²) in [4.78, 5) is 0. The highest BCUT2D eigenvalue weighted by molar-refractivity contribution is 4.92. The van der Waals surface area contributed by atoms with Crippen LogP contribution in [0.4, 0.5) is 0 Å². The van der Waals surface area contributed by atoms with E-state index < -0.39 is 0 Å². The normalized spacial score (nSPS) is 21.9. The van der Waals surface area contributed by atoms with E-state index in [1.54, 1.807) is 4.68 Å². The van der Waals surface area contributed by atoms with E-state index in [0.717, 1.165) is 25.1 Å². The van der Waals surface area contributed by atoms with E-state index in [1.165, 1.54) is 0 Å². The van der Waals surface area contributed by atoms with E-state index in [1.807, 2.05) is 6.20 Å². The molecule has 1 saturated heterocycles. The Morgan fingerprint density at radius 3 is 3.29 bits per heavy atom. The van der Waals surface area contributed by atoms with Gasteiger partial charge in [0.05, 0.1) is 24.9 Å². The monoisotopic (exact) mass is 240 g/mol. The van der Waals surface area contributed by atoms with E-state index in [9.17, 15) is 0 Å². The summed E-state index contributed by atoms with van der Waals surface area (Å²) in [6, 6.07) is 0.334. The van der Waals surface area contributed by atoms with E-state index >= 15 is 0 Å². The first-order valence-corrected chi connectivity index (χ1v) is 6.14. The molecule has 2 unspecified atom stereocenters. The Kier molecular flexibility index (Phi) is 4.47. The number of hydrogen-bond acceptors (Lipinski definition) is 5. The van der Waals surface area contributed by atoms with Gasteiger partial charge in [-0.1, -0.05) is 5.21 Å². The van der Waals surface area contributed by atoms with Crippen molar-refractivity contribution in [2.45, 2.75) is 45.0 Å². The predicted molar refractivity (Wildman–Crippen MR) is 62.4 cm³/mol. The van der Waals surface area contributed by atoms with Crippen LogP contribution in [0.25, 0.3) is 0 Å². The van der Waals surface area contributed by atoms with Gasteiger partial charge in [0.15, 0.2) is 0 Å². The Morgan fingerprint density at radius 1 is 1.71 bits per heavy atom. The lowest BCUT2D eigenvalue weighted by molar-refractivity contribution is 0.0831. The van der Waals surface area contributed by atoms with Crippen molar-refractivity contribution in [3.8, 4) is 0 Å². The van der Waals surface area contributed by atoms with Crippen molar-refractivity contribution < 1.29 is 9.84 Å². The first-order valence-electron chi connectivity index (χ1n) is 6.14. The molecular formula is C11H20N4O2. The summed E-state index contributed by atoms with van der Waals surface area (Å²) in [6.07, 6.45) is 4.46. The molecule has 0 radical (unpaired) electrons. The standard InChI is InChI=1S/C11H20N4O2/c1-9(11-3-2-6-17-11)12-7-10-8-15(4-5-16)14-13-10/h8-9,11-12,16H,2-7H2,1H3. The van der Waals surface area contributed by atoms with E-state index in [4.69, 9.17) is 9.84 Å². The van der Waals surface area contributed by atoms with E-state index in [-0.39, 0.29) is 6.61 Å². The number of hydrogen-bond donors (Lipinski definition) is 2. The summed E-state index contributed by atoms with van der Waals surface area (Å²) < 4.78 is 7.26. The van der Waals surface area contributed by atoms with Gasteiger partial charge < -0.3 is 15.2 Å². The summed E-state index contributed by atoms with van der Waals surface area (Å²) in [5.41, 5.74) is 0.892. The summed E-state index contributed by atoms with van der Waals surface area (Å²) >= 11 is 0. The zero-order valence-electron chi connectivity index (χ0n) is 10.2. The van der Waals surface area contributed by atoms with Gasteiger partial charge in [0.2, 0.25) is 0 Å². The zero-order chi connectivity index (χ0) is 12.1. The second-order valence-corrected chi connectivity index (χ2v) is 4.42. The smallest absolute Gasteiger partial charge is 0.0964 e. The van der Waals surface area contributed by atoms with Crippen molar-refractivity contribution in [2.24, 2.45) is 0 Å². The van der Waals surface area contributed by atoms with E-state index in [2.05, 4.69) is 22.6 Å². The molecule has 96 valence electrons. The van der Waals surface area contributed by atoms with E-state index in [0.29, 0.717) is 25.2 Å². The number of nitrogens with one attached hydrogen (secondary N) is 1. The average Bonchev–Trinajstić information content (AvgIpc) is 2.97. The summed E-state index contributed by atoms with van der Waals surface area (Å²) in [7, 11) is 0. The fourth-order valence-corrected chi connectivity index (χ4v) is 2.03. The number of ether oxygens (including phenoxy) is 1. The third kappa shape index (κ3) is 3.49. The molecule has 1 fully saturated rings. The first kappa shape index (κ1) is 12.5. The van der Waals surface area contributed by atoms with Gasteiger partial charge in [0.25, 0.3) is 0 Å². The lowest BCUT2D eigenvalue weighted by Crippen LogP contribution is -2.36. The number of aromatic nitrogens is 3. The molecule has 0 aromatic carbocycles. The largest absolute Gasteiger partial charge is 0.394 e. The van der Waals surface area contributed by atoms with Crippen LogP contribution in [0.15, 0.2) is 6.20 Å². The Labute approximate surface area is 101 Å². The minimum absolute atomic E-state index is 0.0859. The molecule has 0 amide bonds. The minimum Gasteiger partial charge on any atom is -0.394 e. The second-order valence-electron chi connectivity index (χ2n) is 4.42. The van der Waals surface area contributed by atoms with Crippen LogP contribution < -0.4 is 5.32 Å². The highest BCUT2D eigenvalue weighted by Crippen LogP contribution is 2.15. The molecule has 2 heterocycles. The van der Waals surface area contributed by atoms with Gasteiger partial charge in [-0.15, -0.1) is 5.10 Å². The SMILES string of the molecule is CC(NCc1cn(CCO)nn1)C1CCCO1. The third-order valence-corrected chi connectivity index (χ3v) is 3.04. The summed E-state index contributed by atoms with van der Waals surface area (Å²) in [6.45, 7) is 4.28. The molecule has 1 aliphatic heterocycles. The van der Waals surface area contributed by atoms with Gasteiger partial charge in [-0.25, -0.2) is 4.68 Å². The maximum atomic E-state index is 8.77. The lowest BCUT2D eigenvalue weighted by atomic mass is 10.1. The Morgan fingerprint density at radius 2 is 2.59 bits per heavy atom. The fraction of sp³-hybridized carbons (Fsp3) is 0.818. The third-order valence-electron chi connectivity index (χ3n) is 3.04. The van der Waals surface area contributed by atoms with Gasteiger partial charge in [-0.3, -0.25) is 0 Å². The lowest BCUT2D eigenvalue weighted by Gasteiger charge is -2.19. The molecular weight excluding hydrogens is 220 g/mol. The quantitative estimate of drug-likeness (QED) is 0.728. The number of aliphatic hydroxyl groups excluding tert-OH is 1. The molecule has 17 heavy (non-hydrogen) atoms. The molecule has 2 atom stereocenters. The maximum Gasteiger partial charge on any atom is 0.0964 e. The maximum absolute atomic E-state index is 8.77. The molecule has 2 N–H and O–H groups in total. The molecule has 0 spiro atoms. The summed E-state index contributed by atoms with van der Waals surface area (Å²) in [5.74, 6) is 0. The molecule has 1 aliphatic rings. The van der Waals surface area contributed by atoms with Gasteiger partial charge in [-0.2, -0.15) is 0 Å². The second kappa shape index (κ2) is 6.09. The van der Waals surface area contributed by atoms with Crippen LogP contribution in [-0.2, 0) is 17.8 Å². The molecule has 2 rings (SSSR count). The first-order chi connectivity index (χ1) is 8.29. The average molecular weight is 240 g/mol. The van der Waals surface area contributed by atoms with Gasteiger partial charge in [0, 0.05) is 25.4 Å². The van der Waals surface area contributed by atoms with Crippen molar-refractivity contribution in [1.29, 1.82) is 0 Å². The molecule has 1 aromatic rings. The number of rotatable bonds is 6. The van der Waals surface area contributed by atoms with Crippen LogP contribution in [-0.4, -0.2) is 45.5 Å². The van der Waals surface area contributed by atoms with Crippen LogP contribution in [0.5, 0.6) is 0 Å². The number of aliphatic hydroxyl groups is 1. The molecule has 1 aromatic heterocycles. The highest BCUT2D eigenvalue weighted by Gasteiger charge is 2.21. The van der Waals surface area contributed by atoms with Crippen molar-refractivity contribution in [1.82, 2.24) is 20.3 Å². The van der Waals surface area contributed by atoms with Crippen molar-refractivity contribution in [2.75, 3.05) is 13.2 Å². The highest BCUT2D eigenvalue weighted by atomic mass is 16.5. The van der Waals surface area contributed by atoms with Crippen LogP contribution >= 0.6 is 0 Å². The van der Waals surface area contributed by atoms with Crippen molar-refractivity contribution in [3.05, 3.63) is 11.9 Å². The number of nitrogens with zero attached hydrogens (tertiary/aromatic N) is 3. The summed E-state index contributed by atoms with van der Waals surface area (Å²) in [5, 5.41) is 20.1. The predicted octanol–water partition coefficient (Wildman–Crippen LogP) is -0.0725. The molecule has 0 bridgehead atoms. The fourth-order valence-electron chi connectivity index (χ4n) is 2.03. The molecule has 0 saturated carbocycles.